The summed E-state index contributed by atoms with van der Waals surface area (Å²) >= 11 is 0. The number of hydrogen-bond donors (Lipinski definition) is 2. The molecule has 0 unspecified atom stereocenters. The fraction of sp³-hybridized carbons (Fsp3) is 0.538. The molecular weight excluding hydrogens is 238 g/mol. The number of aliphatic hydroxyl groups is 1. The van der Waals surface area contributed by atoms with E-state index >= 15 is 0 Å². The number of benzene rings is 1. The molecule has 0 spiro atoms. The van der Waals surface area contributed by atoms with Crippen LogP contribution in [0.25, 0.3) is 0 Å². The molecule has 0 aromatic heterocycles. The van der Waals surface area contributed by atoms with Crippen molar-refractivity contribution in [3.8, 4) is 0 Å². The molecule has 0 atom stereocenters. The van der Waals surface area contributed by atoms with Crippen LogP contribution in [0.3, 0.4) is 0 Å². The minimum absolute atomic E-state index is 0.0174. The first-order valence-electron chi connectivity index (χ1n) is 6.10. The Morgan fingerprint density at radius 2 is 1.78 bits per heavy atom. The second kappa shape index (κ2) is 7.28. The van der Waals surface area contributed by atoms with Crippen molar-refractivity contribution in [1.82, 2.24) is 0 Å². The van der Waals surface area contributed by atoms with E-state index in [0.717, 1.165) is 12.8 Å². The Kier molecular flexibility index (Phi) is 6.01. The highest BCUT2D eigenvalue weighted by atomic mass is 19.1. The lowest BCUT2D eigenvalue weighted by atomic mass is 10.1. The van der Waals surface area contributed by atoms with E-state index in [-0.39, 0.29) is 18.8 Å². The lowest BCUT2D eigenvalue weighted by molar-refractivity contribution is 0.283. The molecule has 1 rings (SSSR count). The van der Waals surface area contributed by atoms with Crippen LogP contribution < -0.4 is 10.6 Å². The fourth-order valence-corrected chi connectivity index (χ4v) is 1.85. The van der Waals surface area contributed by atoms with Crippen molar-refractivity contribution in [3.05, 3.63) is 29.3 Å². The van der Waals surface area contributed by atoms with Crippen LogP contribution in [0, 0.1) is 11.6 Å². The van der Waals surface area contributed by atoms with Gasteiger partial charge in [-0.1, -0.05) is 0 Å². The van der Waals surface area contributed by atoms with Crippen LogP contribution in [0.2, 0.25) is 0 Å². The second-order valence-corrected chi connectivity index (χ2v) is 4.32. The lowest BCUT2D eigenvalue weighted by Crippen LogP contribution is -2.21. The maximum atomic E-state index is 13.7. The largest absolute Gasteiger partial charge is 0.396 e. The number of aliphatic hydroxyl groups excluding tert-OH is 1. The van der Waals surface area contributed by atoms with Crippen LogP contribution in [0.4, 0.5) is 14.5 Å². The summed E-state index contributed by atoms with van der Waals surface area (Å²) in [4.78, 5) is 1.56. The van der Waals surface area contributed by atoms with E-state index in [1.165, 1.54) is 12.1 Å². The number of halogens is 2. The zero-order valence-electron chi connectivity index (χ0n) is 10.6. The zero-order chi connectivity index (χ0) is 13.5. The van der Waals surface area contributed by atoms with E-state index in [2.05, 4.69) is 0 Å². The predicted octanol–water partition coefficient (Wildman–Crippen LogP) is 2.02. The third kappa shape index (κ3) is 3.92. The molecule has 0 aliphatic heterocycles. The van der Waals surface area contributed by atoms with Gasteiger partial charge in [0.1, 0.15) is 17.3 Å². The van der Waals surface area contributed by atoms with Crippen molar-refractivity contribution in [2.45, 2.75) is 25.8 Å². The highest BCUT2D eigenvalue weighted by molar-refractivity contribution is 5.50. The number of unbranched alkanes of at least 4 members (excludes halogenated alkanes) is 2. The Morgan fingerprint density at radius 1 is 1.17 bits per heavy atom. The predicted molar refractivity (Wildman–Crippen MR) is 68.5 cm³/mol. The Hall–Kier alpha value is -1.20. The van der Waals surface area contributed by atoms with Crippen molar-refractivity contribution >= 4 is 5.69 Å². The van der Waals surface area contributed by atoms with Gasteiger partial charge in [-0.3, -0.25) is 0 Å². The number of nitrogens with two attached hydrogens (primary N) is 1. The molecule has 0 heterocycles. The van der Waals surface area contributed by atoms with Gasteiger partial charge in [0, 0.05) is 26.7 Å². The van der Waals surface area contributed by atoms with E-state index in [0.29, 0.717) is 18.5 Å². The molecular formula is C13H20F2N2O. The average Bonchev–Trinajstić information content (AvgIpc) is 2.33. The third-order valence-corrected chi connectivity index (χ3v) is 2.85. The zero-order valence-corrected chi connectivity index (χ0v) is 10.6. The minimum Gasteiger partial charge on any atom is -0.396 e. The van der Waals surface area contributed by atoms with Gasteiger partial charge < -0.3 is 15.7 Å². The SMILES string of the molecule is CN(CCCCCO)c1c(F)cc(CN)cc1F. The summed E-state index contributed by atoms with van der Waals surface area (Å²) < 4.78 is 27.5. The number of nitrogens with zero attached hydrogens (tertiary/aromatic N) is 1. The van der Waals surface area contributed by atoms with E-state index in [4.69, 9.17) is 10.8 Å². The highest BCUT2D eigenvalue weighted by Crippen LogP contribution is 2.24. The van der Waals surface area contributed by atoms with Crippen LogP contribution in [0.1, 0.15) is 24.8 Å². The first-order chi connectivity index (χ1) is 8.60. The molecule has 5 heteroatoms. The molecule has 1 aromatic rings. The first-order valence-corrected chi connectivity index (χ1v) is 6.10. The van der Waals surface area contributed by atoms with Gasteiger partial charge in [0.25, 0.3) is 0 Å². The molecule has 18 heavy (non-hydrogen) atoms. The van der Waals surface area contributed by atoms with Gasteiger partial charge in [-0.05, 0) is 37.0 Å². The van der Waals surface area contributed by atoms with Crippen LogP contribution in [-0.4, -0.2) is 25.3 Å². The van der Waals surface area contributed by atoms with Gasteiger partial charge in [-0.15, -0.1) is 0 Å². The van der Waals surface area contributed by atoms with Crippen LogP contribution in [0.5, 0.6) is 0 Å². The molecule has 0 bridgehead atoms. The molecule has 1 aromatic carbocycles. The summed E-state index contributed by atoms with van der Waals surface area (Å²) in [7, 11) is 1.66. The second-order valence-electron chi connectivity index (χ2n) is 4.32. The maximum Gasteiger partial charge on any atom is 0.149 e. The Balaban J connectivity index is 2.70. The molecule has 0 aliphatic carbocycles. The summed E-state index contributed by atoms with van der Waals surface area (Å²) in [6.07, 6.45) is 2.34. The molecule has 3 nitrogen and oxygen atoms in total. The number of hydrogen-bond acceptors (Lipinski definition) is 3. The van der Waals surface area contributed by atoms with Gasteiger partial charge in [-0.25, -0.2) is 8.78 Å². The van der Waals surface area contributed by atoms with Crippen LogP contribution in [0.15, 0.2) is 12.1 Å². The first kappa shape index (κ1) is 14.9. The summed E-state index contributed by atoms with van der Waals surface area (Å²) in [5, 5.41) is 8.65. The van der Waals surface area contributed by atoms with Gasteiger partial charge in [0.05, 0.1) is 0 Å². The number of anilines is 1. The Labute approximate surface area is 106 Å². The van der Waals surface area contributed by atoms with Crippen molar-refractivity contribution in [1.29, 1.82) is 0 Å². The molecule has 0 saturated heterocycles. The molecule has 102 valence electrons. The van der Waals surface area contributed by atoms with E-state index in [1.54, 1.807) is 11.9 Å². The smallest absolute Gasteiger partial charge is 0.149 e. The normalized spacial score (nSPS) is 10.7. The van der Waals surface area contributed by atoms with Gasteiger partial charge in [0.2, 0.25) is 0 Å². The molecule has 3 N–H and O–H groups in total. The average molecular weight is 258 g/mol. The summed E-state index contributed by atoms with van der Waals surface area (Å²) in [5.41, 5.74) is 5.79. The van der Waals surface area contributed by atoms with Crippen molar-refractivity contribution in [2.75, 3.05) is 25.1 Å². The molecule has 0 saturated carbocycles. The van der Waals surface area contributed by atoms with E-state index in [1.807, 2.05) is 0 Å². The van der Waals surface area contributed by atoms with E-state index in [9.17, 15) is 8.78 Å². The molecule has 0 fully saturated rings. The van der Waals surface area contributed by atoms with Crippen molar-refractivity contribution < 1.29 is 13.9 Å². The lowest BCUT2D eigenvalue weighted by Gasteiger charge is -2.21. The summed E-state index contributed by atoms with van der Waals surface area (Å²) in [6.45, 7) is 0.821. The van der Waals surface area contributed by atoms with Crippen molar-refractivity contribution in [2.24, 2.45) is 5.73 Å². The Morgan fingerprint density at radius 3 is 2.28 bits per heavy atom. The van der Waals surface area contributed by atoms with Crippen LogP contribution >= 0.6 is 0 Å². The Bertz CT molecular complexity index is 362. The topological polar surface area (TPSA) is 49.5 Å². The standard InChI is InChI=1S/C13H20F2N2O/c1-17(5-3-2-4-6-18)13-11(14)7-10(9-16)8-12(13)15/h7-8,18H,2-6,9,16H2,1H3. The van der Waals surface area contributed by atoms with Gasteiger partial charge in [0.15, 0.2) is 0 Å². The van der Waals surface area contributed by atoms with Gasteiger partial charge in [-0.2, -0.15) is 0 Å². The number of rotatable bonds is 7. The summed E-state index contributed by atoms with van der Waals surface area (Å²) in [6, 6.07) is 2.53. The van der Waals surface area contributed by atoms with Crippen molar-refractivity contribution in [3.63, 3.8) is 0 Å². The molecule has 0 aliphatic rings. The minimum atomic E-state index is -0.583. The highest BCUT2D eigenvalue weighted by Gasteiger charge is 2.14. The third-order valence-electron chi connectivity index (χ3n) is 2.85. The monoisotopic (exact) mass is 258 g/mol. The molecule has 0 radical (unpaired) electrons. The maximum absolute atomic E-state index is 13.7. The molecule has 0 amide bonds. The summed E-state index contributed by atoms with van der Waals surface area (Å²) in [5.74, 6) is -1.17. The quantitative estimate of drug-likeness (QED) is 0.736. The van der Waals surface area contributed by atoms with E-state index < -0.39 is 11.6 Å². The fourth-order valence-electron chi connectivity index (χ4n) is 1.85. The van der Waals surface area contributed by atoms with Gasteiger partial charge >= 0.3 is 0 Å². The van der Waals surface area contributed by atoms with Crippen LogP contribution in [-0.2, 0) is 6.54 Å².